The molecule has 0 saturated heterocycles. The summed E-state index contributed by atoms with van der Waals surface area (Å²) in [5, 5.41) is 2.91. The number of carbonyl (C=O) groups is 2. The van der Waals surface area contributed by atoms with Crippen molar-refractivity contribution in [3.8, 4) is 0 Å². The number of hydrogen-bond acceptors (Lipinski definition) is 4. The van der Waals surface area contributed by atoms with Gasteiger partial charge in [-0.2, -0.15) is 0 Å². The SMILES string of the molecule is CCC(C(=O)NCC(C)C)N(Cc1ccc(F)cc1)C(=O)CCCN(c1cccc(C)c1C)S(C)(=O)=O. The molecule has 0 bridgehead atoms. The second-order valence-electron chi connectivity index (χ2n) is 9.87. The molecule has 7 nitrogen and oxygen atoms in total. The first-order valence-corrected chi connectivity index (χ1v) is 14.6. The van der Waals surface area contributed by atoms with Crippen LogP contribution in [0.5, 0.6) is 0 Å². The molecule has 9 heteroatoms. The van der Waals surface area contributed by atoms with Gasteiger partial charge in [-0.1, -0.05) is 45.0 Å². The summed E-state index contributed by atoms with van der Waals surface area (Å²) in [5.41, 5.74) is 3.14. The van der Waals surface area contributed by atoms with Crippen LogP contribution >= 0.6 is 0 Å². The fourth-order valence-corrected chi connectivity index (χ4v) is 5.13. The lowest BCUT2D eigenvalue weighted by molar-refractivity contribution is -0.141. The van der Waals surface area contributed by atoms with Crippen molar-refractivity contribution in [2.24, 2.45) is 5.92 Å². The highest BCUT2D eigenvalue weighted by Gasteiger charge is 2.29. The quantitative estimate of drug-likeness (QED) is 0.409. The van der Waals surface area contributed by atoms with E-state index in [2.05, 4.69) is 5.32 Å². The maximum Gasteiger partial charge on any atom is 0.242 e. The lowest BCUT2D eigenvalue weighted by Gasteiger charge is -2.31. The van der Waals surface area contributed by atoms with Gasteiger partial charge in [-0.3, -0.25) is 13.9 Å². The van der Waals surface area contributed by atoms with Gasteiger partial charge in [0.1, 0.15) is 11.9 Å². The van der Waals surface area contributed by atoms with Crippen molar-refractivity contribution in [3.05, 3.63) is 65.0 Å². The first-order valence-electron chi connectivity index (χ1n) is 12.7. The van der Waals surface area contributed by atoms with E-state index in [0.717, 1.165) is 17.4 Å². The van der Waals surface area contributed by atoms with Crippen LogP contribution in [0.4, 0.5) is 10.1 Å². The van der Waals surface area contributed by atoms with Crippen molar-refractivity contribution in [1.29, 1.82) is 0 Å². The van der Waals surface area contributed by atoms with E-state index in [1.807, 2.05) is 46.8 Å². The van der Waals surface area contributed by atoms with Crippen molar-refractivity contribution < 1.29 is 22.4 Å². The van der Waals surface area contributed by atoms with Crippen LogP contribution in [0.1, 0.15) is 56.7 Å². The second-order valence-corrected chi connectivity index (χ2v) is 11.8. The van der Waals surface area contributed by atoms with Crippen LogP contribution in [0.15, 0.2) is 42.5 Å². The Morgan fingerprint density at radius 3 is 2.27 bits per heavy atom. The molecule has 2 aromatic carbocycles. The molecule has 0 aromatic heterocycles. The fourth-order valence-electron chi connectivity index (χ4n) is 4.12. The number of aryl methyl sites for hydroxylation is 1. The van der Waals surface area contributed by atoms with E-state index >= 15 is 0 Å². The van der Waals surface area contributed by atoms with Crippen molar-refractivity contribution in [2.75, 3.05) is 23.7 Å². The summed E-state index contributed by atoms with van der Waals surface area (Å²) >= 11 is 0. The summed E-state index contributed by atoms with van der Waals surface area (Å²) in [5.74, 6) is -0.615. The Kier molecular flexibility index (Phi) is 11.1. The maximum atomic E-state index is 13.5. The van der Waals surface area contributed by atoms with Crippen LogP contribution in [-0.2, 0) is 26.2 Å². The molecule has 1 N–H and O–H groups in total. The van der Waals surface area contributed by atoms with Gasteiger partial charge in [0.25, 0.3) is 0 Å². The maximum absolute atomic E-state index is 13.5. The second kappa shape index (κ2) is 13.6. The summed E-state index contributed by atoms with van der Waals surface area (Å²) in [6, 6.07) is 10.6. The van der Waals surface area contributed by atoms with Crippen molar-refractivity contribution in [3.63, 3.8) is 0 Å². The van der Waals surface area contributed by atoms with Crippen molar-refractivity contribution >= 4 is 27.5 Å². The first kappa shape index (κ1) is 30.3. The molecule has 0 aliphatic carbocycles. The minimum absolute atomic E-state index is 0.0615. The highest BCUT2D eigenvalue weighted by Crippen LogP contribution is 2.25. The molecule has 1 unspecified atom stereocenters. The van der Waals surface area contributed by atoms with Crippen LogP contribution in [0, 0.1) is 25.6 Å². The highest BCUT2D eigenvalue weighted by atomic mass is 32.2. The third kappa shape index (κ3) is 8.84. The van der Waals surface area contributed by atoms with Gasteiger partial charge in [0.15, 0.2) is 0 Å². The number of rotatable bonds is 13. The Bertz CT molecular complexity index is 1170. The number of nitrogens with zero attached hydrogens (tertiary/aromatic N) is 2. The topological polar surface area (TPSA) is 86.8 Å². The molecule has 0 heterocycles. The van der Waals surface area contributed by atoms with E-state index in [-0.39, 0.29) is 49.5 Å². The zero-order valence-corrected chi connectivity index (χ0v) is 23.6. The summed E-state index contributed by atoms with van der Waals surface area (Å²) < 4.78 is 40.0. The van der Waals surface area contributed by atoms with Gasteiger partial charge in [0, 0.05) is 26.1 Å². The molecule has 204 valence electrons. The molecule has 0 aliphatic heterocycles. The Labute approximate surface area is 221 Å². The largest absolute Gasteiger partial charge is 0.354 e. The molecule has 2 rings (SSSR count). The molecular weight excluding hydrogens is 493 g/mol. The number of hydrogen-bond donors (Lipinski definition) is 1. The van der Waals surface area contributed by atoms with Gasteiger partial charge in [0.2, 0.25) is 21.8 Å². The Morgan fingerprint density at radius 1 is 1.05 bits per heavy atom. The lowest BCUT2D eigenvalue weighted by Crippen LogP contribution is -2.49. The van der Waals surface area contributed by atoms with Crippen LogP contribution in [0.2, 0.25) is 0 Å². The molecule has 2 amide bonds. The smallest absolute Gasteiger partial charge is 0.242 e. The predicted molar refractivity (Wildman–Crippen MR) is 146 cm³/mol. The van der Waals surface area contributed by atoms with Crippen LogP contribution in [0.25, 0.3) is 0 Å². The molecule has 0 spiro atoms. The van der Waals surface area contributed by atoms with Crippen LogP contribution in [-0.4, -0.2) is 50.5 Å². The zero-order chi connectivity index (χ0) is 27.8. The van der Waals surface area contributed by atoms with E-state index in [4.69, 9.17) is 0 Å². The number of carbonyl (C=O) groups excluding carboxylic acids is 2. The third-order valence-electron chi connectivity index (χ3n) is 6.33. The Morgan fingerprint density at radius 2 is 1.70 bits per heavy atom. The van der Waals surface area contributed by atoms with E-state index in [9.17, 15) is 22.4 Å². The van der Waals surface area contributed by atoms with E-state index in [1.54, 1.807) is 18.2 Å². The number of amides is 2. The molecule has 0 fully saturated rings. The Hall–Kier alpha value is -2.94. The molecule has 0 aliphatic rings. The number of halogens is 1. The normalized spacial score (nSPS) is 12.3. The summed E-state index contributed by atoms with van der Waals surface area (Å²) in [4.78, 5) is 28.0. The van der Waals surface area contributed by atoms with Gasteiger partial charge in [-0.05, 0) is 67.5 Å². The predicted octanol–water partition coefficient (Wildman–Crippen LogP) is 4.57. The first-order chi connectivity index (χ1) is 17.3. The van der Waals surface area contributed by atoms with Gasteiger partial charge < -0.3 is 10.2 Å². The fraction of sp³-hybridized carbons (Fsp3) is 0.500. The highest BCUT2D eigenvalue weighted by molar-refractivity contribution is 7.92. The monoisotopic (exact) mass is 533 g/mol. The average Bonchev–Trinajstić information content (AvgIpc) is 2.82. The molecule has 0 saturated carbocycles. The number of nitrogens with one attached hydrogen (secondary N) is 1. The summed E-state index contributed by atoms with van der Waals surface area (Å²) in [7, 11) is -3.57. The molecular formula is C28H40FN3O4S. The number of anilines is 1. The van der Waals surface area contributed by atoms with Crippen LogP contribution < -0.4 is 9.62 Å². The summed E-state index contributed by atoms with van der Waals surface area (Å²) in [6.07, 6.45) is 1.91. The van der Waals surface area contributed by atoms with E-state index in [1.165, 1.54) is 21.3 Å². The third-order valence-corrected chi connectivity index (χ3v) is 7.51. The molecule has 2 aromatic rings. The van der Waals surface area contributed by atoms with Crippen molar-refractivity contribution in [1.82, 2.24) is 10.2 Å². The van der Waals surface area contributed by atoms with Gasteiger partial charge in [0.05, 0.1) is 11.9 Å². The van der Waals surface area contributed by atoms with Gasteiger partial charge >= 0.3 is 0 Å². The van der Waals surface area contributed by atoms with E-state index < -0.39 is 16.1 Å². The Balaban J connectivity index is 2.24. The lowest BCUT2D eigenvalue weighted by atomic mass is 10.1. The molecule has 37 heavy (non-hydrogen) atoms. The number of benzene rings is 2. The number of sulfonamides is 1. The van der Waals surface area contributed by atoms with Gasteiger partial charge in [-0.15, -0.1) is 0 Å². The average molecular weight is 534 g/mol. The van der Waals surface area contributed by atoms with Crippen LogP contribution in [0.3, 0.4) is 0 Å². The molecule has 0 radical (unpaired) electrons. The minimum atomic E-state index is -3.57. The molecule has 1 atom stereocenters. The minimum Gasteiger partial charge on any atom is -0.354 e. The standard InChI is InChI=1S/C28H40FN3O4S/c1-7-25(28(34)30-18-20(2)3)31(19-23-13-15-24(29)16-14-23)27(33)12-9-17-32(37(6,35)36)26-11-8-10-21(4)22(26)5/h8,10-11,13-16,20,25H,7,9,12,17-19H2,1-6H3,(H,30,34). The van der Waals surface area contributed by atoms with Gasteiger partial charge in [-0.25, -0.2) is 12.8 Å². The van der Waals surface area contributed by atoms with Crippen molar-refractivity contribution in [2.45, 2.75) is 66.5 Å². The summed E-state index contributed by atoms with van der Waals surface area (Å²) in [6.45, 7) is 10.4. The zero-order valence-electron chi connectivity index (χ0n) is 22.8. The van der Waals surface area contributed by atoms with E-state index in [0.29, 0.717) is 24.2 Å².